The highest BCUT2D eigenvalue weighted by atomic mass is 32.1. The summed E-state index contributed by atoms with van der Waals surface area (Å²) in [4.78, 5) is 27.2. The predicted octanol–water partition coefficient (Wildman–Crippen LogP) is 3.76. The van der Waals surface area contributed by atoms with Crippen LogP contribution in [0.5, 0.6) is 0 Å². The van der Waals surface area contributed by atoms with Crippen molar-refractivity contribution in [1.82, 2.24) is 4.98 Å². The minimum Gasteiger partial charge on any atom is -0.478 e. The highest BCUT2D eigenvalue weighted by molar-refractivity contribution is 7.14. The number of aromatic nitrogens is 1. The molecule has 1 amide bonds. The topological polar surface area (TPSA) is 88.5 Å². The highest BCUT2D eigenvalue weighted by Gasteiger charge is 2.22. The molecule has 1 saturated carbocycles. The van der Waals surface area contributed by atoms with E-state index in [-0.39, 0.29) is 5.57 Å². The van der Waals surface area contributed by atoms with Gasteiger partial charge < -0.3 is 9.84 Å². The van der Waals surface area contributed by atoms with Crippen LogP contribution in [0.2, 0.25) is 0 Å². The second kappa shape index (κ2) is 6.48. The van der Waals surface area contributed by atoms with Gasteiger partial charge in [0.2, 0.25) is 0 Å². The van der Waals surface area contributed by atoms with Crippen molar-refractivity contribution in [3.63, 3.8) is 0 Å². The third-order valence-corrected chi connectivity index (χ3v) is 3.73. The van der Waals surface area contributed by atoms with Crippen molar-refractivity contribution in [2.24, 2.45) is 5.92 Å². The van der Waals surface area contributed by atoms with Crippen molar-refractivity contribution in [3.05, 3.63) is 17.2 Å². The minimum atomic E-state index is -1.00. The maximum absolute atomic E-state index is 11.7. The number of carbonyl (C=O) groups excluding carboxylic acids is 1. The van der Waals surface area contributed by atoms with Gasteiger partial charge in [-0.3, -0.25) is 5.32 Å². The molecular weight excluding hydrogens is 304 g/mol. The Bertz CT molecular complexity index is 597. The molecule has 0 bridgehead atoms. The van der Waals surface area contributed by atoms with E-state index in [1.165, 1.54) is 11.3 Å². The van der Waals surface area contributed by atoms with Gasteiger partial charge in [-0.15, -0.1) is 11.3 Å². The summed E-state index contributed by atoms with van der Waals surface area (Å²) in [6, 6.07) is 0. The molecule has 0 saturated heterocycles. The molecule has 6 nitrogen and oxygen atoms in total. The van der Waals surface area contributed by atoms with E-state index in [4.69, 9.17) is 4.74 Å². The van der Waals surface area contributed by atoms with Gasteiger partial charge in [0.1, 0.15) is 5.60 Å². The molecule has 0 radical (unpaired) electrons. The number of thiazole rings is 1. The molecule has 2 rings (SSSR count). The molecule has 1 aliphatic carbocycles. The molecule has 1 aliphatic rings. The fourth-order valence-electron chi connectivity index (χ4n) is 1.79. The smallest absolute Gasteiger partial charge is 0.413 e. The Hall–Kier alpha value is -1.89. The maximum Gasteiger partial charge on any atom is 0.413 e. The summed E-state index contributed by atoms with van der Waals surface area (Å²) in [6.45, 7) is 5.30. The number of anilines is 1. The number of aliphatic carboxylic acids is 1. The van der Waals surface area contributed by atoms with Gasteiger partial charge in [-0.05, 0) is 46.0 Å². The van der Waals surface area contributed by atoms with Gasteiger partial charge in [-0.1, -0.05) is 6.08 Å². The van der Waals surface area contributed by atoms with Crippen molar-refractivity contribution in [2.75, 3.05) is 5.32 Å². The molecule has 7 heteroatoms. The Morgan fingerprint density at radius 2 is 2.18 bits per heavy atom. The summed E-state index contributed by atoms with van der Waals surface area (Å²) < 4.78 is 5.13. The Kier molecular flexibility index (Phi) is 4.85. The van der Waals surface area contributed by atoms with E-state index in [9.17, 15) is 14.7 Å². The Morgan fingerprint density at radius 1 is 1.50 bits per heavy atom. The standard InChI is InChI=1S/C15H20N2O4S/c1-15(2,3)21-14(20)17-13-16-11(8-22-13)10(12(18)19)7-6-9-4-5-9/h7-9H,4-6H2,1-3H3,(H,18,19)(H,16,17,20)/b10-7-. The number of carbonyl (C=O) groups is 2. The first-order valence-corrected chi connectivity index (χ1v) is 8.02. The Morgan fingerprint density at radius 3 is 2.73 bits per heavy atom. The van der Waals surface area contributed by atoms with Crippen molar-refractivity contribution >= 4 is 34.1 Å². The summed E-state index contributed by atoms with van der Waals surface area (Å²) in [5.41, 5.74) is -0.0507. The molecule has 0 aliphatic heterocycles. The molecule has 0 unspecified atom stereocenters. The first kappa shape index (κ1) is 16.5. The summed E-state index contributed by atoms with van der Waals surface area (Å²) in [7, 11) is 0. The number of nitrogens with one attached hydrogen (secondary N) is 1. The number of carboxylic acid groups (broad SMARTS) is 1. The van der Waals surface area contributed by atoms with E-state index in [1.54, 1.807) is 32.2 Å². The van der Waals surface area contributed by atoms with Crippen LogP contribution in [0.3, 0.4) is 0 Å². The third kappa shape index (κ3) is 5.14. The highest BCUT2D eigenvalue weighted by Crippen LogP contribution is 2.34. The average Bonchev–Trinajstić information content (AvgIpc) is 3.07. The van der Waals surface area contributed by atoms with Crippen molar-refractivity contribution in [1.29, 1.82) is 0 Å². The summed E-state index contributed by atoms with van der Waals surface area (Å²) >= 11 is 1.17. The lowest BCUT2D eigenvalue weighted by Crippen LogP contribution is -2.27. The Balaban J connectivity index is 2.03. The Labute approximate surface area is 133 Å². The third-order valence-electron chi connectivity index (χ3n) is 2.97. The van der Waals surface area contributed by atoms with Gasteiger partial charge in [0, 0.05) is 5.38 Å². The second-order valence-corrected chi connectivity index (χ2v) is 7.12. The number of amides is 1. The van der Waals surface area contributed by atoms with E-state index < -0.39 is 17.7 Å². The van der Waals surface area contributed by atoms with Gasteiger partial charge >= 0.3 is 12.1 Å². The van der Waals surface area contributed by atoms with Crippen LogP contribution in [-0.2, 0) is 9.53 Å². The van der Waals surface area contributed by atoms with E-state index >= 15 is 0 Å². The molecule has 1 aromatic rings. The number of ether oxygens (including phenoxy) is 1. The summed E-state index contributed by atoms with van der Waals surface area (Å²) in [6.07, 6.45) is 4.19. The molecule has 1 heterocycles. The fraction of sp³-hybridized carbons (Fsp3) is 0.533. The van der Waals surface area contributed by atoms with Gasteiger partial charge in [0.05, 0.1) is 11.3 Å². The number of rotatable bonds is 5. The maximum atomic E-state index is 11.7. The molecule has 120 valence electrons. The zero-order chi connectivity index (χ0) is 16.3. The zero-order valence-electron chi connectivity index (χ0n) is 12.9. The summed E-state index contributed by atoms with van der Waals surface area (Å²) in [5, 5.41) is 13.8. The van der Waals surface area contributed by atoms with Crippen LogP contribution < -0.4 is 5.32 Å². The van der Waals surface area contributed by atoms with Crippen LogP contribution in [0, 0.1) is 5.92 Å². The summed E-state index contributed by atoms with van der Waals surface area (Å²) in [5.74, 6) is -0.401. The lowest BCUT2D eigenvalue weighted by Gasteiger charge is -2.18. The first-order valence-electron chi connectivity index (χ1n) is 7.14. The number of hydrogen-bond acceptors (Lipinski definition) is 5. The number of allylic oxidation sites excluding steroid dienone is 1. The molecule has 0 aromatic carbocycles. The van der Waals surface area contributed by atoms with E-state index in [1.807, 2.05) is 0 Å². The molecular formula is C15H20N2O4S. The van der Waals surface area contributed by atoms with Crippen LogP contribution in [-0.4, -0.2) is 27.8 Å². The van der Waals surface area contributed by atoms with E-state index in [0.29, 0.717) is 16.7 Å². The van der Waals surface area contributed by atoms with E-state index in [0.717, 1.165) is 19.3 Å². The van der Waals surface area contributed by atoms with Crippen LogP contribution in [0.15, 0.2) is 11.5 Å². The normalized spacial score (nSPS) is 15.5. The van der Waals surface area contributed by atoms with Crippen LogP contribution in [0.4, 0.5) is 9.93 Å². The van der Waals surface area contributed by atoms with Gasteiger partial charge in [-0.25, -0.2) is 14.6 Å². The van der Waals surface area contributed by atoms with Gasteiger partial charge in [-0.2, -0.15) is 0 Å². The van der Waals surface area contributed by atoms with Crippen molar-refractivity contribution < 1.29 is 19.4 Å². The van der Waals surface area contributed by atoms with Gasteiger partial charge in [0.15, 0.2) is 5.13 Å². The number of nitrogens with zero attached hydrogens (tertiary/aromatic N) is 1. The van der Waals surface area contributed by atoms with Crippen molar-refractivity contribution in [2.45, 2.75) is 45.6 Å². The monoisotopic (exact) mass is 324 g/mol. The van der Waals surface area contributed by atoms with E-state index in [2.05, 4.69) is 10.3 Å². The minimum absolute atomic E-state index is 0.181. The van der Waals surface area contributed by atoms with Crippen LogP contribution in [0.25, 0.3) is 5.57 Å². The predicted molar refractivity (Wildman–Crippen MR) is 84.9 cm³/mol. The molecule has 0 atom stereocenters. The van der Waals surface area contributed by atoms with Crippen molar-refractivity contribution in [3.8, 4) is 0 Å². The molecule has 22 heavy (non-hydrogen) atoms. The lowest BCUT2D eigenvalue weighted by molar-refractivity contribution is -0.130. The molecule has 0 spiro atoms. The molecule has 2 N–H and O–H groups in total. The molecule has 1 fully saturated rings. The average molecular weight is 324 g/mol. The lowest BCUT2D eigenvalue weighted by atomic mass is 10.1. The van der Waals surface area contributed by atoms with Gasteiger partial charge in [0.25, 0.3) is 0 Å². The van der Waals surface area contributed by atoms with Crippen LogP contribution in [0.1, 0.15) is 45.7 Å². The first-order chi connectivity index (χ1) is 10.2. The second-order valence-electron chi connectivity index (χ2n) is 6.27. The largest absolute Gasteiger partial charge is 0.478 e. The number of hydrogen-bond donors (Lipinski definition) is 2. The fourth-order valence-corrected chi connectivity index (χ4v) is 2.48. The van der Waals surface area contributed by atoms with Crippen LogP contribution >= 0.6 is 11.3 Å². The quantitative estimate of drug-likeness (QED) is 0.805. The zero-order valence-corrected chi connectivity index (χ0v) is 13.7. The SMILES string of the molecule is CC(C)(C)OC(=O)Nc1nc(/C(=C/CC2CC2)C(=O)O)cs1. The number of carboxylic acids is 1. The molecule has 1 aromatic heterocycles.